The Morgan fingerprint density at radius 1 is 1.22 bits per heavy atom. The van der Waals surface area contributed by atoms with Gasteiger partial charge in [-0.05, 0) is 31.5 Å². The molecule has 0 spiro atoms. The molecule has 18 heavy (non-hydrogen) atoms. The van der Waals surface area contributed by atoms with Crippen LogP contribution in [0.25, 0.3) is 16.7 Å². The van der Waals surface area contributed by atoms with Gasteiger partial charge in [0.2, 0.25) is 0 Å². The van der Waals surface area contributed by atoms with Crippen LogP contribution in [0, 0.1) is 6.92 Å². The molecular weight excluding hydrogens is 224 g/mol. The van der Waals surface area contributed by atoms with Crippen LogP contribution in [0.5, 0.6) is 0 Å². The number of hydrogen-bond acceptors (Lipinski definition) is 2. The fraction of sp³-hybridized carbons (Fsp3) is 0.357. The Balaban J connectivity index is 2.33. The summed E-state index contributed by atoms with van der Waals surface area (Å²) in [6.07, 6.45) is 2.35. The molecule has 4 nitrogen and oxygen atoms in total. The normalized spacial score (nSPS) is 11.7. The predicted octanol–water partition coefficient (Wildman–Crippen LogP) is 2.98. The Morgan fingerprint density at radius 2 is 2.06 bits per heavy atom. The van der Waals surface area contributed by atoms with E-state index >= 15 is 0 Å². The second-order valence-corrected chi connectivity index (χ2v) is 4.81. The number of benzene rings is 1. The molecule has 4 heteroatoms. The number of unbranched alkanes of at least 4 members (excludes halogenated alkanes) is 1. The molecule has 2 N–H and O–H groups in total. The van der Waals surface area contributed by atoms with E-state index in [1.807, 2.05) is 29.6 Å². The van der Waals surface area contributed by atoms with E-state index in [2.05, 4.69) is 22.7 Å². The molecule has 3 rings (SSSR count). The van der Waals surface area contributed by atoms with Crippen molar-refractivity contribution in [1.82, 2.24) is 14.2 Å². The number of imidazole rings is 1. The Bertz CT molecular complexity index is 705. The Hall–Kier alpha value is -1.97. The summed E-state index contributed by atoms with van der Waals surface area (Å²) < 4.78 is 4.33. The lowest BCUT2D eigenvalue weighted by Crippen LogP contribution is -1.97. The number of nitrogens with two attached hydrogens (primary N) is 1. The van der Waals surface area contributed by atoms with Crippen molar-refractivity contribution in [2.45, 2.75) is 33.2 Å². The van der Waals surface area contributed by atoms with Gasteiger partial charge in [-0.15, -0.1) is 0 Å². The van der Waals surface area contributed by atoms with E-state index in [4.69, 9.17) is 5.73 Å². The minimum Gasteiger partial charge on any atom is -0.399 e. The lowest BCUT2D eigenvalue weighted by molar-refractivity contribution is 0.660. The minimum absolute atomic E-state index is 0.803. The molecule has 0 radical (unpaired) electrons. The molecule has 0 saturated carbocycles. The highest BCUT2D eigenvalue weighted by Crippen LogP contribution is 2.24. The van der Waals surface area contributed by atoms with Crippen LogP contribution in [0.2, 0.25) is 0 Å². The van der Waals surface area contributed by atoms with Crippen molar-refractivity contribution in [3.8, 4) is 0 Å². The number of nitrogen functional groups attached to an aromatic ring is 1. The lowest BCUT2D eigenvalue weighted by atomic mass is 10.2. The van der Waals surface area contributed by atoms with Crippen molar-refractivity contribution < 1.29 is 0 Å². The molecule has 0 fully saturated rings. The summed E-state index contributed by atoms with van der Waals surface area (Å²) in [6.45, 7) is 5.25. The highest BCUT2D eigenvalue weighted by Gasteiger charge is 2.12. The van der Waals surface area contributed by atoms with Crippen LogP contribution in [0.1, 0.15) is 25.5 Å². The fourth-order valence-corrected chi connectivity index (χ4v) is 2.47. The first-order valence-corrected chi connectivity index (χ1v) is 6.45. The van der Waals surface area contributed by atoms with E-state index in [0.29, 0.717) is 0 Å². The van der Waals surface area contributed by atoms with Crippen LogP contribution in [-0.2, 0) is 6.54 Å². The van der Waals surface area contributed by atoms with Crippen molar-refractivity contribution in [2.24, 2.45) is 0 Å². The molecule has 0 saturated heterocycles. The van der Waals surface area contributed by atoms with Gasteiger partial charge in [0.15, 0.2) is 0 Å². The van der Waals surface area contributed by atoms with Crippen LogP contribution < -0.4 is 5.73 Å². The average molecular weight is 242 g/mol. The molecule has 0 aliphatic rings. The third kappa shape index (κ3) is 1.56. The maximum absolute atomic E-state index is 5.90. The molecule has 94 valence electrons. The van der Waals surface area contributed by atoms with Gasteiger partial charge in [-0.3, -0.25) is 0 Å². The smallest absolute Gasteiger partial charge is 0.137 e. The summed E-state index contributed by atoms with van der Waals surface area (Å²) in [7, 11) is 0. The van der Waals surface area contributed by atoms with E-state index in [0.717, 1.165) is 29.1 Å². The quantitative estimate of drug-likeness (QED) is 0.718. The summed E-state index contributed by atoms with van der Waals surface area (Å²) in [5.41, 5.74) is 11.2. The van der Waals surface area contributed by atoms with Crippen molar-refractivity contribution in [1.29, 1.82) is 0 Å². The number of anilines is 1. The zero-order chi connectivity index (χ0) is 12.7. The van der Waals surface area contributed by atoms with E-state index < -0.39 is 0 Å². The monoisotopic (exact) mass is 242 g/mol. The van der Waals surface area contributed by atoms with Gasteiger partial charge in [0, 0.05) is 18.3 Å². The highest BCUT2D eigenvalue weighted by atomic mass is 15.3. The minimum atomic E-state index is 0.803. The maximum atomic E-state index is 5.90. The van der Waals surface area contributed by atoms with Crippen molar-refractivity contribution in [3.63, 3.8) is 0 Å². The Kier molecular flexibility index (Phi) is 2.51. The molecule has 0 bridgehead atoms. The number of rotatable bonds is 3. The first-order chi connectivity index (χ1) is 8.70. The number of hydrogen-bond donors (Lipinski definition) is 1. The van der Waals surface area contributed by atoms with Crippen molar-refractivity contribution in [3.05, 3.63) is 30.0 Å². The van der Waals surface area contributed by atoms with E-state index in [9.17, 15) is 0 Å². The largest absolute Gasteiger partial charge is 0.399 e. The standard InChI is InChI=1S/C14H18N4/c1-3-4-7-17-13-9-11(15)5-6-12(13)18-14(17)8-10(2)16-18/h5-6,8-9H,3-4,7,15H2,1-2H3. The van der Waals surface area contributed by atoms with Gasteiger partial charge in [0.05, 0.1) is 16.7 Å². The molecule has 2 aromatic heterocycles. The molecule has 0 aliphatic carbocycles. The molecule has 3 aromatic rings. The zero-order valence-electron chi connectivity index (χ0n) is 10.8. The van der Waals surface area contributed by atoms with E-state index in [1.54, 1.807) is 0 Å². The molecule has 2 heterocycles. The number of fused-ring (bicyclic) bond motifs is 3. The second kappa shape index (κ2) is 4.05. The predicted molar refractivity (Wildman–Crippen MR) is 74.7 cm³/mol. The topological polar surface area (TPSA) is 48.2 Å². The van der Waals surface area contributed by atoms with Crippen LogP contribution in [0.15, 0.2) is 24.3 Å². The van der Waals surface area contributed by atoms with Crippen LogP contribution in [0.4, 0.5) is 5.69 Å². The SMILES string of the molecule is CCCCn1c2cc(N)ccc2n2nc(C)cc12. The lowest BCUT2D eigenvalue weighted by Gasteiger charge is -2.04. The third-order valence-corrected chi connectivity index (χ3v) is 3.34. The van der Waals surface area contributed by atoms with E-state index in [1.165, 1.54) is 18.4 Å². The molecular formula is C14H18N4. The van der Waals surface area contributed by atoms with Crippen molar-refractivity contribution in [2.75, 3.05) is 5.73 Å². The van der Waals surface area contributed by atoms with Gasteiger partial charge < -0.3 is 10.3 Å². The second-order valence-electron chi connectivity index (χ2n) is 4.81. The summed E-state index contributed by atoms with van der Waals surface area (Å²) in [5.74, 6) is 0. The summed E-state index contributed by atoms with van der Waals surface area (Å²) in [4.78, 5) is 0. The van der Waals surface area contributed by atoms with Crippen molar-refractivity contribution >= 4 is 22.4 Å². The van der Waals surface area contributed by atoms with Crippen LogP contribution >= 0.6 is 0 Å². The number of nitrogens with zero attached hydrogens (tertiary/aromatic N) is 3. The average Bonchev–Trinajstić information content (AvgIpc) is 2.82. The first kappa shape index (κ1) is 11.1. The number of aryl methyl sites for hydroxylation is 2. The van der Waals surface area contributed by atoms with E-state index in [-0.39, 0.29) is 0 Å². The fourth-order valence-electron chi connectivity index (χ4n) is 2.47. The molecule has 0 unspecified atom stereocenters. The molecule has 0 aliphatic heterocycles. The molecule has 1 aromatic carbocycles. The Labute approximate surface area is 106 Å². The van der Waals surface area contributed by atoms with Gasteiger partial charge in [-0.2, -0.15) is 5.10 Å². The molecule has 0 atom stereocenters. The summed E-state index contributed by atoms with van der Waals surface area (Å²) in [5, 5.41) is 4.55. The van der Waals surface area contributed by atoms with Gasteiger partial charge >= 0.3 is 0 Å². The maximum Gasteiger partial charge on any atom is 0.137 e. The summed E-state index contributed by atoms with van der Waals surface area (Å²) >= 11 is 0. The Morgan fingerprint density at radius 3 is 2.83 bits per heavy atom. The summed E-state index contributed by atoms with van der Waals surface area (Å²) in [6, 6.07) is 8.15. The van der Waals surface area contributed by atoms with Gasteiger partial charge in [0.1, 0.15) is 5.65 Å². The highest BCUT2D eigenvalue weighted by molar-refractivity contribution is 5.84. The van der Waals surface area contributed by atoms with Crippen LogP contribution in [0.3, 0.4) is 0 Å². The van der Waals surface area contributed by atoms with Gasteiger partial charge in [-0.25, -0.2) is 4.52 Å². The first-order valence-electron chi connectivity index (χ1n) is 6.45. The molecule has 0 amide bonds. The number of aromatic nitrogens is 3. The van der Waals surface area contributed by atoms with Gasteiger partial charge in [-0.1, -0.05) is 13.3 Å². The van der Waals surface area contributed by atoms with Gasteiger partial charge in [0.25, 0.3) is 0 Å². The van der Waals surface area contributed by atoms with Crippen LogP contribution in [-0.4, -0.2) is 14.2 Å². The third-order valence-electron chi connectivity index (χ3n) is 3.34. The zero-order valence-corrected chi connectivity index (χ0v) is 10.8.